The van der Waals surface area contributed by atoms with E-state index in [1.807, 2.05) is 32.6 Å². The number of hydrogen-bond donors (Lipinski definition) is 0. The number of rotatable bonds is 2. The van der Waals surface area contributed by atoms with E-state index >= 15 is 0 Å². The van der Waals surface area contributed by atoms with Crippen molar-refractivity contribution in [3.63, 3.8) is 0 Å². The molecule has 0 spiro atoms. The Kier molecular flexibility index (Phi) is 5.53. The Morgan fingerprint density at radius 3 is 2.45 bits per heavy atom. The topological polar surface area (TPSA) is 17.8 Å². The molecule has 0 saturated heterocycles. The molecule has 1 aromatic rings. The van der Waals surface area contributed by atoms with E-state index in [0.717, 1.165) is 6.42 Å². The monoisotopic (exact) mass is 154 g/mol. The van der Waals surface area contributed by atoms with E-state index in [4.69, 9.17) is 0 Å². The van der Waals surface area contributed by atoms with Gasteiger partial charge in [-0.15, -0.1) is 0 Å². The lowest BCUT2D eigenvalue weighted by Gasteiger charge is -2.07. The summed E-state index contributed by atoms with van der Waals surface area (Å²) >= 11 is 0. The van der Waals surface area contributed by atoms with Gasteiger partial charge in [0.2, 0.25) is 0 Å². The van der Waals surface area contributed by atoms with Gasteiger partial charge in [0.15, 0.2) is 0 Å². The first-order valence-corrected chi connectivity index (χ1v) is 4.32. The van der Waals surface area contributed by atoms with Gasteiger partial charge in [-0.25, -0.2) is 4.98 Å². The molecule has 2 nitrogen and oxygen atoms in total. The minimum absolute atomic E-state index is 0.590. The number of aromatic nitrogens is 2. The number of nitrogens with zero attached hydrogens (tertiary/aromatic N) is 2. The summed E-state index contributed by atoms with van der Waals surface area (Å²) < 4.78 is 2.11. The largest absolute Gasteiger partial charge is 0.335 e. The second-order valence-corrected chi connectivity index (χ2v) is 2.27. The molecule has 0 aliphatic rings. The van der Waals surface area contributed by atoms with Crippen molar-refractivity contribution >= 4 is 0 Å². The SMILES string of the molecule is CC.CCC(C)n1ccnc1. The zero-order valence-corrected chi connectivity index (χ0v) is 7.91. The fourth-order valence-corrected chi connectivity index (χ4v) is 0.741. The molecule has 11 heavy (non-hydrogen) atoms. The highest BCUT2D eigenvalue weighted by atomic mass is 15.0. The van der Waals surface area contributed by atoms with Crippen LogP contribution in [0.25, 0.3) is 0 Å². The van der Waals surface area contributed by atoms with Crippen molar-refractivity contribution in [2.24, 2.45) is 0 Å². The molecule has 0 amide bonds. The third-order valence-electron chi connectivity index (χ3n) is 1.62. The van der Waals surface area contributed by atoms with Crippen LogP contribution in [0.1, 0.15) is 40.2 Å². The van der Waals surface area contributed by atoms with Gasteiger partial charge in [-0.1, -0.05) is 20.8 Å². The van der Waals surface area contributed by atoms with Crippen molar-refractivity contribution in [2.75, 3.05) is 0 Å². The molecule has 0 aliphatic heterocycles. The maximum atomic E-state index is 3.95. The first-order valence-electron chi connectivity index (χ1n) is 4.32. The molecule has 64 valence electrons. The lowest BCUT2D eigenvalue weighted by molar-refractivity contribution is 0.530. The van der Waals surface area contributed by atoms with E-state index in [9.17, 15) is 0 Å². The molecule has 1 heterocycles. The Bertz CT molecular complexity index is 156. The molecule has 2 heteroatoms. The molecular formula is C9H18N2. The smallest absolute Gasteiger partial charge is 0.0948 e. The minimum Gasteiger partial charge on any atom is -0.335 e. The molecule has 0 aliphatic carbocycles. The summed E-state index contributed by atoms with van der Waals surface area (Å²) in [6.45, 7) is 8.35. The molecule has 0 saturated carbocycles. The highest BCUT2D eigenvalue weighted by molar-refractivity contribution is 4.77. The highest BCUT2D eigenvalue weighted by Crippen LogP contribution is 2.06. The van der Waals surface area contributed by atoms with Crippen LogP contribution in [0.5, 0.6) is 0 Å². The average Bonchev–Trinajstić information content (AvgIpc) is 2.59. The van der Waals surface area contributed by atoms with Crippen LogP contribution in [0.2, 0.25) is 0 Å². The zero-order valence-electron chi connectivity index (χ0n) is 7.91. The van der Waals surface area contributed by atoms with E-state index < -0.39 is 0 Å². The van der Waals surface area contributed by atoms with Crippen LogP contribution in [0.15, 0.2) is 18.7 Å². The summed E-state index contributed by atoms with van der Waals surface area (Å²) in [4.78, 5) is 3.95. The molecule has 0 N–H and O–H groups in total. The molecule has 1 unspecified atom stereocenters. The molecule has 1 aromatic heterocycles. The van der Waals surface area contributed by atoms with Gasteiger partial charge in [0.05, 0.1) is 6.33 Å². The fourth-order valence-electron chi connectivity index (χ4n) is 0.741. The van der Waals surface area contributed by atoms with Crippen molar-refractivity contribution < 1.29 is 0 Å². The third kappa shape index (κ3) is 3.21. The van der Waals surface area contributed by atoms with Gasteiger partial charge in [0, 0.05) is 18.4 Å². The minimum atomic E-state index is 0.590. The molecular weight excluding hydrogens is 136 g/mol. The summed E-state index contributed by atoms with van der Waals surface area (Å²) in [5, 5.41) is 0. The van der Waals surface area contributed by atoms with E-state index in [1.54, 1.807) is 0 Å². The Morgan fingerprint density at radius 2 is 2.09 bits per heavy atom. The first-order chi connectivity index (χ1) is 5.34. The average molecular weight is 154 g/mol. The van der Waals surface area contributed by atoms with E-state index in [2.05, 4.69) is 23.4 Å². The number of hydrogen-bond acceptors (Lipinski definition) is 1. The molecule has 0 bridgehead atoms. The van der Waals surface area contributed by atoms with Crippen molar-refractivity contribution in [3.05, 3.63) is 18.7 Å². The van der Waals surface area contributed by atoms with Gasteiger partial charge < -0.3 is 4.57 Å². The van der Waals surface area contributed by atoms with E-state index in [0.29, 0.717) is 6.04 Å². The summed E-state index contributed by atoms with van der Waals surface area (Å²) in [6, 6.07) is 0.590. The molecule has 0 fully saturated rings. The predicted octanol–water partition coefficient (Wildman–Crippen LogP) is 2.88. The van der Waals surface area contributed by atoms with Gasteiger partial charge in [-0.3, -0.25) is 0 Å². The van der Waals surface area contributed by atoms with Crippen LogP contribution in [-0.4, -0.2) is 9.55 Å². The molecule has 0 radical (unpaired) electrons. The quantitative estimate of drug-likeness (QED) is 0.640. The molecule has 1 rings (SSSR count). The van der Waals surface area contributed by atoms with Crippen molar-refractivity contribution in [1.29, 1.82) is 0 Å². The predicted molar refractivity (Wildman–Crippen MR) is 48.6 cm³/mol. The van der Waals surface area contributed by atoms with Crippen LogP contribution in [0, 0.1) is 0 Å². The van der Waals surface area contributed by atoms with Crippen molar-refractivity contribution in [3.8, 4) is 0 Å². The summed E-state index contributed by atoms with van der Waals surface area (Å²) in [5.41, 5.74) is 0. The van der Waals surface area contributed by atoms with Gasteiger partial charge in [0.25, 0.3) is 0 Å². The Labute approximate surface area is 69.3 Å². The van der Waals surface area contributed by atoms with Gasteiger partial charge >= 0.3 is 0 Å². The second-order valence-electron chi connectivity index (χ2n) is 2.27. The summed E-state index contributed by atoms with van der Waals surface area (Å²) in [5.74, 6) is 0. The number of imidazole rings is 1. The summed E-state index contributed by atoms with van der Waals surface area (Å²) in [6.07, 6.45) is 6.82. The maximum Gasteiger partial charge on any atom is 0.0948 e. The first kappa shape index (κ1) is 10.2. The van der Waals surface area contributed by atoms with Gasteiger partial charge in [-0.05, 0) is 13.3 Å². The highest BCUT2D eigenvalue weighted by Gasteiger charge is 1.96. The van der Waals surface area contributed by atoms with Gasteiger partial charge in [-0.2, -0.15) is 0 Å². The van der Waals surface area contributed by atoms with E-state index in [-0.39, 0.29) is 0 Å². The molecule has 1 atom stereocenters. The van der Waals surface area contributed by atoms with Crippen LogP contribution >= 0.6 is 0 Å². The molecule has 0 aromatic carbocycles. The van der Waals surface area contributed by atoms with Gasteiger partial charge in [0.1, 0.15) is 0 Å². The van der Waals surface area contributed by atoms with Crippen molar-refractivity contribution in [1.82, 2.24) is 9.55 Å². The maximum absolute atomic E-state index is 3.95. The standard InChI is InChI=1S/C7H12N2.C2H6/c1-3-7(2)9-5-4-8-6-9;1-2/h4-7H,3H2,1-2H3;1-2H3. The van der Waals surface area contributed by atoms with Crippen molar-refractivity contribution in [2.45, 2.75) is 40.2 Å². The fraction of sp³-hybridized carbons (Fsp3) is 0.667. The summed E-state index contributed by atoms with van der Waals surface area (Å²) in [7, 11) is 0. The third-order valence-corrected chi connectivity index (χ3v) is 1.62. The Hall–Kier alpha value is -0.790. The lowest BCUT2D eigenvalue weighted by atomic mass is 10.3. The zero-order chi connectivity index (χ0) is 8.69. The van der Waals surface area contributed by atoms with Crippen LogP contribution in [0.4, 0.5) is 0 Å². The van der Waals surface area contributed by atoms with Crippen LogP contribution < -0.4 is 0 Å². The normalized spacial score (nSPS) is 11.6. The Balaban J connectivity index is 0.000000461. The lowest BCUT2D eigenvalue weighted by Crippen LogP contribution is -1.99. The Morgan fingerprint density at radius 1 is 1.45 bits per heavy atom. The van der Waals surface area contributed by atoms with Crippen LogP contribution in [0.3, 0.4) is 0 Å². The second kappa shape index (κ2) is 5.96. The van der Waals surface area contributed by atoms with E-state index in [1.165, 1.54) is 0 Å². The van der Waals surface area contributed by atoms with Crippen LogP contribution in [-0.2, 0) is 0 Å².